The van der Waals surface area contributed by atoms with Crippen LogP contribution in [0.3, 0.4) is 0 Å². The summed E-state index contributed by atoms with van der Waals surface area (Å²) in [5.74, 6) is 0.311. The first kappa shape index (κ1) is 23.4. The van der Waals surface area contributed by atoms with Gasteiger partial charge in [-0.25, -0.2) is 0 Å². The number of nitrogens with two attached hydrogens (primary N) is 1. The molecule has 3 N–H and O–H groups in total. The molecular weight excluding hydrogens is 406 g/mol. The SMILES string of the molecule is CC(C)c1ccc(C(N)CNC(=O)C2CCCCN2C(=O)c2cccs2)cc1.Cl. The maximum atomic E-state index is 12.8. The van der Waals surface area contributed by atoms with Gasteiger partial charge in [-0.3, -0.25) is 9.59 Å². The second-order valence-electron chi connectivity index (χ2n) is 7.66. The van der Waals surface area contributed by atoms with Crippen LogP contribution < -0.4 is 11.1 Å². The normalized spacial score (nSPS) is 17.5. The van der Waals surface area contributed by atoms with E-state index in [1.165, 1.54) is 16.9 Å². The molecule has 158 valence electrons. The van der Waals surface area contributed by atoms with Crippen molar-refractivity contribution in [2.24, 2.45) is 5.73 Å². The highest BCUT2D eigenvalue weighted by Gasteiger charge is 2.33. The summed E-state index contributed by atoms with van der Waals surface area (Å²) < 4.78 is 0. The zero-order valence-electron chi connectivity index (χ0n) is 17.0. The summed E-state index contributed by atoms with van der Waals surface area (Å²) in [5, 5.41) is 4.85. The van der Waals surface area contributed by atoms with Crippen molar-refractivity contribution in [3.63, 3.8) is 0 Å². The fourth-order valence-electron chi connectivity index (χ4n) is 3.56. The van der Waals surface area contributed by atoms with Gasteiger partial charge < -0.3 is 16.0 Å². The predicted octanol–water partition coefficient (Wildman–Crippen LogP) is 4.10. The monoisotopic (exact) mass is 435 g/mol. The number of halogens is 1. The second-order valence-corrected chi connectivity index (χ2v) is 8.61. The summed E-state index contributed by atoms with van der Waals surface area (Å²) in [6.45, 7) is 5.29. The molecule has 2 unspecified atom stereocenters. The van der Waals surface area contributed by atoms with Crippen LogP contribution in [0, 0.1) is 0 Å². The summed E-state index contributed by atoms with van der Waals surface area (Å²) in [5.41, 5.74) is 8.55. The van der Waals surface area contributed by atoms with Crippen LogP contribution in [0.4, 0.5) is 0 Å². The molecule has 0 saturated carbocycles. The van der Waals surface area contributed by atoms with Crippen molar-refractivity contribution >= 4 is 35.6 Å². The van der Waals surface area contributed by atoms with Crippen LogP contribution in [-0.4, -0.2) is 35.8 Å². The first-order valence-electron chi connectivity index (χ1n) is 9.95. The first-order valence-corrected chi connectivity index (χ1v) is 10.8. The third-order valence-corrected chi connectivity index (χ3v) is 6.18. The molecule has 29 heavy (non-hydrogen) atoms. The summed E-state index contributed by atoms with van der Waals surface area (Å²) in [4.78, 5) is 28.0. The molecule has 1 saturated heterocycles. The molecule has 0 radical (unpaired) electrons. The number of amides is 2. The number of hydrogen-bond donors (Lipinski definition) is 2. The standard InChI is InChI=1S/C22H29N3O2S.ClH/c1-15(2)16-8-10-17(11-9-16)18(23)14-24-21(26)19-6-3-4-12-25(19)22(27)20-7-5-13-28-20;/h5,7-11,13,15,18-19H,3-4,6,12,14,23H2,1-2H3,(H,24,26);1H. The molecule has 1 aromatic heterocycles. The minimum absolute atomic E-state index is 0. The Hall–Kier alpha value is -1.89. The van der Waals surface area contributed by atoms with Crippen molar-refractivity contribution in [3.05, 3.63) is 57.8 Å². The van der Waals surface area contributed by atoms with Gasteiger partial charge in [0, 0.05) is 19.1 Å². The van der Waals surface area contributed by atoms with Gasteiger partial charge in [0.25, 0.3) is 5.91 Å². The van der Waals surface area contributed by atoms with E-state index in [9.17, 15) is 9.59 Å². The number of likely N-dealkylation sites (tertiary alicyclic amines) is 1. The van der Waals surface area contributed by atoms with Crippen molar-refractivity contribution < 1.29 is 9.59 Å². The van der Waals surface area contributed by atoms with E-state index in [4.69, 9.17) is 5.73 Å². The molecule has 1 aliphatic rings. The number of carbonyl (C=O) groups excluding carboxylic acids is 2. The lowest BCUT2D eigenvalue weighted by molar-refractivity contribution is -0.126. The van der Waals surface area contributed by atoms with Gasteiger partial charge in [0.15, 0.2) is 0 Å². The molecule has 2 aromatic rings. The number of carbonyl (C=O) groups is 2. The Kier molecular flexibility index (Phi) is 8.68. The molecule has 3 rings (SSSR count). The number of hydrogen-bond acceptors (Lipinski definition) is 4. The van der Waals surface area contributed by atoms with Crippen LogP contribution in [0.25, 0.3) is 0 Å². The third-order valence-electron chi connectivity index (χ3n) is 5.33. The number of thiophene rings is 1. The lowest BCUT2D eigenvalue weighted by atomic mass is 9.99. The highest BCUT2D eigenvalue weighted by atomic mass is 35.5. The Morgan fingerprint density at radius 1 is 1.17 bits per heavy atom. The van der Waals surface area contributed by atoms with Crippen molar-refractivity contribution in [2.75, 3.05) is 13.1 Å². The van der Waals surface area contributed by atoms with E-state index >= 15 is 0 Å². The molecule has 1 aliphatic heterocycles. The molecule has 7 heteroatoms. The summed E-state index contributed by atoms with van der Waals surface area (Å²) in [6.07, 6.45) is 2.58. The summed E-state index contributed by atoms with van der Waals surface area (Å²) in [6, 6.07) is 11.2. The number of rotatable bonds is 6. The average molecular weight is 436 g/mol. The molecular formula is C22H30ClN3O2S. The highest BCUT2D eigenvalue weighted by Crippen LogP contribution is 2.22. The minimum atomic E-state index is -0.418. The molecule has 2 amide bonds. The van der Waals surface area contributed by atoms with E-state index < -0.39 is 6.04 Å². The minimum Gasteiger partial charge on any atom is -0.352 e. The van der Waals surface area contributed by atoms with Crippen molar-refractivity contribution in [1.29, 1.82) is 0 Å². The van der Waals surface area contributed by atoms with Crippen molar-refractivity contribution in [2.45, 2.75) is 51.1 Å². The molecule has 1 fully saturated rings. The summed E-state index contributed by atoms with van der Waals surface area (Å²) in [7, 11) is 0. The van der Waals surface area contributed by atoms with Crippen LogP contribution >= 0.6 is 23.7 Å². The molecule has 5 nitrogen and oxygen atoms in total. The van der Waals surface area contributed by atoms with Crippen LogP contribution in [-0.2, 0) is 4.79 Å². The van der Waals surface area contributed by atoms with Gasteiger partial charge in [0.1, 0.15) is 6.04 Å². The Morgan fingerprint density at radius 3 is 2.48 bits per heavy atom. The topological polar surface area (TPSA) is 75.4 Å². The molecule has 0 bridgehead atoms. The number of piperidine rings is 1. The Morgan fingerprint density at radius 2 is 1.86 bits per heavy atom. The van der Waals surface area contributed by atoms with Gasteiger partial charge >= 0.3 is 0 Å². The quantitative estimate of drug-likeness (QED) is 0.717. The van der Waals surface area contributed by atoms with E-state index in [0.29, 0.717) is 30.3 Å². The molecule has 2 heterocycles. The zero-order valence-corrected chi connectivity index (χ0v) is 18.6. The molecule has 2 atom stereocenters. The van der Waals surface area contributed by atoms with E-state index in [-0.39, 0.29) is 30.3 Å². The van der Waals surface area contributed by atoms with E-state index in [1.807, 2.05) is 29.6 Å². The van der Waals surface area contributed by atoms with E-state index in [2.05, 4.69) is 31.3 Å². The maximum absolute atomic E-state index is 12.8. The Labute approximate surface area is 183 Å². The largest absolute Gasteiger partial charge is 0.352 e. The fourth-order valence-corrected chi connectivity index (χ4v) is 4.24. The van der Waals surface area contributed by atoms with Crippen LogP contribution in [0.15, 0.2) is 41.8 Å². The lowest BCUT2D eigenvalue weighted by Gasteiger charge is -2.34. The van der Waals surface area contributed by atoms with Crippen LogP contribution in [0.2, 0.25) is 0 Å². The molecule has 0 spiro atoms. The molecule has 1 aromatic carbocycles. The van der Waals surface area contributed by atoms with E-state index in [0.717, 1.165) is 18.4 Å². The van der Waals surface area contributed by atoms with Crippen LogP contribution in [0.1, 0.15) is 65.9 Å². The number of nitrogens with zero attached hydrogens (tertiary/aromatic N) is 1. The lowest BCUT2D eigenvalue weighted by Crippen LogP contribution is -2.52. The first-order chi connectivity index (χ1) is 13.5. The third kappa shape index (κ3) is 5.81. The number of benzene rings is 1. The van der Waals surface area contributed by atoms with Gasteiger partial charge in [-0.05, 0) is 47.8 Å². The smallest absolute Gasteiger partial charge is 0.264 e. The van der Waals surface area contributed by atoms with Gasteiger partial charge in [0.05, 0.1) is 4.88 Å². The van der Waals surface area contributed by atoms with E-state index in [1.54, 1.807) is 4.90 Å². The maximum Gasteiger partial charge on any atom is 0.264 e. The molecule has 0 aliphatic carbocycles. The summed E-state index contributed by atoms with van der Waals surface area (Å²) >= 11 is 1.41. The second kappa shape index (κ2) is 10.8. The Balaban J connectivity index is 0.00000300. The average Bonchev–Trinajstić information content (AvgIpc) is 3.26. The number of nitrogens with one attached hydrogen (secondary N) is 1. The van der Waals surface area contributed by atoms with Gasteiger partial charge in [-0.15, -0.1) is 23.7 Å². The predicted molar refractivity (Wildman–Crippen MR) is 121 cm³/mol. The van der Waals surface area contributed by atoms with Gasteiger partial charge in [-0.2, -0.15) is 0 Å². The van der Waals surface area contributed by atoms with Gasteiger partial charge in [0.2, 0.25) is 5.91 Å². The fraction of sp³-hybridized carbons (Fsp3) is 0.455. The van der Waals surface area contributed by atoms with Crippen molar-refractivity contribution in [1.82, 2.24) is 10.2 Å². The highest BCUT2D eigenvalue weighted by molar-refractivity contribution is 7.12. The Bertz CT molecular complexity index is 793. The van der Waals surface area contributed by atoms with Gasteiger partial charge in [-0.1, -0.05) is 44.2 Å². The van der Waals surface area contributed by atoms with Crippen LogP contribution in [0.5, 0.6) is 0 Å². The zero-order chi connectivity index (χ0) is 20.1. The van der Waals surface area contributed by atoms with Crippen molar-refractivity contribution in [3.8, 4) is 0 Å².